The van der Waals surface area contributed by atoms with Crippen molar-refractivity contribution in [2.75, 3.05) is 0 Å². The minimum Gasteiger partial charge on any atom is -0.147 e. The maximum absolute atomic E-state index is 5.99. The molecule has 0 spiro atoms. The molecule has 0 aromatic rings. The van der Waals surface area contributed by atoms with Crippen molar-refractivity contribution in [3.05, 3.63) is 0 Å². The van der Waals surface area contributed by atoms with Gasteiger partial charge < -0.3 is 0 Å². The summed E-state index contributed by atoms with van der Waals surface area (Å²) in [4.78, 5) is 0. The van der Waals surface area contributed by atoms with E-state index in [-0.39, 0.29) is 12.4 Å². The van der Waals surface area contributed by atoms with Crippen molar-refractivity contribution in [3.63, 3.8) is 0 Å². The fraction of sp³-hybridized carbons (Fsp3) is 1.00. The Kier molecular flexibility index (Phi) is 6.80. The van der Waals surface area contributed by atoms with Crippen molar-refractivity contribution < 1.29 is 0 Å². The first-order valence-electron chi connectivity index (χ1n) is 4.24. The molecular formula is C8H19AsClN. The number of halogens is 1. The molecule has 1 aliphatic carbocycles. The van der Waals surface area contributed by atoms with Crippen LogP contribution in [0, 0.1) is 5.92 Å². The molecule has 1 unspecified atom stereocenters. The molecule has 0 radical (unpaired) electrons. The first-order chi connectivity index (χ1) is 4.84. The SMILES string of the molecule is C[AsH]C[C@H]1CCCC[C@@H]1N.Cl. The van der Waals surface area contributed by atoms with E-state index in [1.807, 2.05) is 0 Å². The summed E-state index contributed by atoms with van der Waals surface area (Å²) in [5.74, 6) is 0.902. The van der Waals surface area contributed by atoms with Crippen LogP contribution in [0.15, 0.2) is 0 Å². The second kappa shape index (κ2) is 6.34. The molecule has 1 fully saturated rings. The van der Waals surface area contributed by atoms with Crippen molar-refractivity contribution >= 4 is 28.2 Å². The van der Waals surface area contributed by atoms with Crippen LogP contribution < -0.4 is 5.73 Å². The van der Waals surface area contributed by atoms with Crippen molar-refractivity contribution in [1.29, 1.82) is 0 Å². The standard InChI is InChI=1S/C8H18AsN.ClH/c1-9-6-7-4-2-3-5-8(7)10;/h7-9H,2-6,10H2,1H3;1H/t7-,8+;/m1./s1. The van der Waals surface area contributed by atoms with E-state index >= 15 is 0 Å². The van der Waals surface area contributed by atoms with Gasteiger partial charge in [-0.25, -0.2) is 0 Å². The summed E-state index contributed by atoms with van der Waals surface area (Å²) in [7, 11) is 0. The van der Waals surface area contributed by atoms with Crippen LogP contribution in [0.5, 0.6) is 0 Å². The predicted molar refractivity (Wildman–Crippen MR) is 55.0 cm³/mol. The molecule has 1 rings (SSSR count). The van der Waals surface area contributed by atoms with Crippen LogP contribution in [-0.4, -0.2) is 21.8 Å². The van der Waals surface area contributed by atoms with E-state index in [2.05, 4.69) is 5.71 Å². The number of hydrogen-bond donors (Lipinski definition) is 1. The maximum atomic E-state index is 5.99. The zero-order valence-corrected chi connectivity index (χ0v) is 10.1. The summed E-state index contributed by atoms with van der Waals surface area (Å²) in [5.41, 5.74) is 8.36. The normalized spacial score (nSPS) is 32.2. The topological polar surface area (TPSA) is 26.0 Å². The Bertz CT molecular complexity index is 98.1. The Morgan fingerprint density at radius 2 is 2.00 bits per heavy atom. The molecule has 1 saturated carbocycles. The van der Waals surface area contributed by atoms with Gasteiger partial charge in [-0.05, 0) is 0 Å². The summed E-state index contributed by atoms with van der Waals surface area (Å²) in [5, 5.41) is 1.47. The molecule has 2 N–H and O–H groups in total. The average molecular weight is 240 g/mol. The Morgan fingerprint density at radius 1 is 1.36 bits per heavy atom. The first-order valence-corrected chi connectivity index (χ1v) is 7.83. The monoisotopic (exact) mass is 239 g/mol. The van der Waals surface area contributed by atoms with Gasteiger partial charge in [-0.2, -0.15) is 0 Å². The van der Waals surface area contributed by atoms with Gasteiger partial charge in [0.05, 0.1) is 0 Å². The summed E-state index contributed by atoms with van der Waals surface area (Å²) >= 11 is 0.362. The van der Waals surface area contributed by atoms with Crippen molar-refractivity contribution in [2.24, 2.45) is 11.7 Å². The number of nitrogens with two attached hydrogens (primary N) is 1. The molecule has 1 aliphatic rings. The van der Waals surface area contributed by atoms with E-state index in [4.69, 9.17) is 5.73 Å². The molecule has 0 bridgehead atoms. The third kappa shape index (κ3) is 3.82. The molecule has 68 valence electrons. The molecular weight excluding hydrogens is 220 g/mol. The average Bonchev–Trinajstić information content (AvgIpc) is 1.94. The predicted octanol–water partition coefficient (Wildman–Crippen LogP) is 1.83. The van der Waals surface area contributed by atoms with E-state index < -0.39 is 0 Å². The molecule has 0 aromatic carbocycles. The van der Waals surface area contributed by atoms with Crippen LogP contribution in [-0.2, 0) is 0 Å². The molecule has 0 amide bonds. The third-order valence-electron chi connectivity index (χ3n) is 2.43. The van der Waals surface area contributed by atoms with Gasteiger partial charge >= 0.3 is 70.0 Å². The molecule has 0 aromatic heterocycles. The minimum absolute atomic E-state index is 0. The Morgan fingerprint density at radius 3 is 2.55 bits per heavy atom. The zero-order chi connectivity index (χ0) is 7.40. The van der Waals surface area contributed by atoms with Crippen LogP contribution in [0.3, 0.4) is 0 Å². The van der Waals surface area contributed by atoms with Crippen LogP contribution in [0.1, 0.15) is 25.7 Å². The summed E-state index contributed by atoms with van der Waals surface area (Å²) in [6.45, 7) is 0. The van der Waals surface area contributed by atoms with E-state index in [0.29, 0.717) is 21.8 Å². The minimum atomic E-state index is 0. The van der Waals surface area contributed by atoms with Gasteiger partial charge in [0.1, 0.15) is 0 Å². The Balaban J connectivity index is 0.000001000. The van der Waals surface area contributed by atoms with Crippen molar-refractivity contribution in [3.8, 4) is 0 Å². The molecule has 3 atom stereocenters. The van der Waals surface area contributed by atoms with Crippen LogP contribution >= 0.6 is 12.4 Å². The quantitative estimate of drug-likeness (QED) is 0.731. The summed E-state index contributed by atoms with van der Waals surface area (Å²) < 4.78 is 0. The number of hydrogen-bond acceptors (Lipinski definition) is 1. The fourth-order valence-electron chi connectivity index (χ4n) is 1.75. The molecule has 11 heavy (non-hydrogen) atoms. The smallest absolute Gasteiger partial charge is 0.147 e. The fourth-order valence-corrected chi connectivity index (χ4v) is 3.92. The van der Waals surface area contributed by atoms with Crippen LogP contribution in [0.2, 0.25) is 10.9 Å². The zero-order valence-electron chi connectivity index (χ0n) is 7.18. The van der Waals surface area contributed by atoms with Gasteiger partial charge in [-0.15, -0.1) is 12.4 Å². The second-order valence-corrected chi connectivity index (χ2v) is 5.61. The second-order valence-electron chi connectivity index (χ2n) is 3.27. The summed E-state index contributed by atoms with van der Waals surface area (Å²) in [6, 6.07) is 0.553. The number of rotatable bonds is 2. The molecule has 0 saturated heterocycles. The van der Waals surface area contributed by atoms with E-state index in [1.54, 1.807) is 0 Å². The van der Waals surface area contributed by atoms with Crippen LogP contribution in [0.25, 0.3) is 0 Å². The van der Waals surface area contributed by atoms with Gasteiger partial charge in [0.2, 0.25) is 0 Å². The van der Waals surface area contributed by atoms with Crippen molar-refractivity contribution in [1.82, 2.24) is 0 Å². The van der Waals surface area contributed by atoms with Gasteiger partial charge in [-0.3, -0.25) is 0 Å². The molecule has 0 aliphatic heterocycles. The van der Waals surface area contributed by atoms with Gasteiger partial charge in [0.15, 0.2) is 0 Å². The maximum Gasteiger partial charge on any atom is -0.147 e. The molecule has 3 heteroatoms. The Labute approximate surface area is 82.6 Å². The largest absolute Gasteiger partial charge is 0.147 e. The van der Waals surface area contributed by atoms with E-state index in [0.717, 1.165) is 5.92 Å². The van der Waals surface area contributed by atoms with Gasteiger partial charge in [0.25, 0.3) is 0 Å². The molecule has 0 heterocycles. The van der Waals surface area contributed by atoms with E-state index in [1.165, 1.54) is 30.9 Å². The first kappa shape index (κ1) is 11.8. The Hall–Kier alpha value is 0.808. The van der Waals surface area contributed by atoms with Crippen LogP contribution in [0.4, 0.5) is 0 Å². The van der Waals surface area contributed by atoms with Crippen molar-refractivity contribution in [2.45, 2.75) is 42.6 Å². The van der Waals surface area contributed by atoms with E-state index in [9.17, 15) is 0 Å². The summed E-state index contributed by atoms with van der Waals surface area (Å²) in [6.07, 6.45) is 5.52. The third-order valence-corrected chi connectivity index (χ3v) is 4.39. The molecule has 1 nitrogen and oxygen atoms in total. The van der Waals surface area contributed by atoms with Gasteiger partial charge in [0, 0.05) is 0 Å². The van der Waals surface area contributed by atoms with Gasteiger partial charge in [-0.1, -0.05) is 0 Å².